The predicted octanol–water partition coefficient (Wildman–Crippen LogP) is 2.74. The van der Waals surface area contributed by atoms with Crippen LogP contribution in [0.5, 0.6) is 11.5 Å². The maximum absolute atomic E-state index is 12.6. The number of hydrogen-bond acceptors (Lipinski definition) is 5. The Labute approximate surface area is 166 Å². The molecule has 152 valence electrons. The monoisotopic (exact) mass is 406 g/mol. The molecule has 7 nitrogen and oxygen atoms in total. The van der Waals surface area contributed by atoms with Gasteiger partial charge in [0.2, 0.25) is 15.9 Å². The molecule has 28 heavy (non-hydrogen) atoms. The first-order chi connectivity index (χ1) is 13.3. The lowest BCUT2D eigenvalue weighted by Gasteiger charge is -2.24. The van der Waals surface area contributed by atoms with Crippen LogP contribution >= 0.6 is 0 Å². The number of nitrogens with zero attached hydrogens (tertiary/aromatic N) is 1. The van der Waals surface area contributed by atoms with Gasteiger partial charge >= 0.3 is 0 Å². The summed E-state index contributed by atoms with van der Waals surface area (Å²) in [5, 5.41) is 2.90. The van der Waals surface area contributed by atoms with Crippen LogP contribution in [0.25, 0.3) is 0 Å². The molecule has 0 bridgehead atoms. The second kappa shape index (κ2) is 9.45. The van der Waals surface area contributed by atoms with E-state index >= 15 is 0 Å². The molecule has 0 aliphatic rings. The molecule has 2 aromatic rings. The number of anilines is 1. The first-order valence-corrected chi connectivity index (χ1v) is 10.7. The van der Waals surface area contributed by atoms with Gasteiger partial charge < -0.3 is 14.8 Å². The number of ether oxygens (including phenoxy) is 2. The number of carbonyl (C=O) groups is 1. The van der Waals surface area contributed by atoms with Crippen LogP contribution < -0.4 is 19.1 Å². The van der Waals surface area contributed by atoms with E-state index in [1.165, 1.54) is 0 Å². The van der Waals surface area contributed by atoms with Crippen LogP contribution in [0.1, 0.15) is 24.9 Å². The number of amides is 1. The fourth-order valence-corrected chi connectivity index (χ4v) is 3.71. The number of nitrogens with one attached hydrogen (secondary N) is 1. The maximum Gasteiger partial charge on any atom is 0.241 e. The summed E-state index contributed by atoms with van der Waals surface area (Å²) in [6.07, 6.45) is 1.71. The van der Waals surface area contributed by atoms with Crippen LogP contribution in [-0.4, -0.2) is 41.3 Å². The highest BCUT2D eigenvalue weighted by atomic mass is 32.2. The summed E-state index contributed by atoms with van der Waals surface area (Å²) < 4.78 is 36.0. The van der Waals surface area contributed by atoms with Gasteiger partial charge in [-0.25, -0.2) is 8.42 Å². The average Bonchev–Trinajstić information content (AvgIpc) is 2.69. The van der Waals surface area contributed by atoms with Gasteiger partial charge in [-0.1, -0.05) is 31.2 Å². The lowest BCUT2D eigenvalue weighted by molar-refractivity contribution is -0.120. The SMILES string of the molecule is CCC(NC(=O)CN(c1ccccc1)S(C)(=O)=O)c1ccc(OC)c(OC)c1. The minimum Gasteiger partial charge on any atom is -0.493 e. The van der Waals surface area contributed by atoms with Crippen LogP contribution in [0.4, 0.5) is 5.69 Å². The van der Waals surface area contributed by atoms with Gasteiger partial charge in [-0.15, -0.1) is 0 Å². The molecule has 8 heteroatoms. The van der Waals surface area contributed by atoms with E-state index in [1.54, 1.807) is 56.7 Å². The molecule has 1 atom stereocenters. The number of hydrogen-bond donors (Lipinski definition) is 1. The Balaban J connectivity index is 2.19. The van der Waals surface area contributed by atoms with Crippen molar-refractivity contribution in [1.82, 2.24) is 5.32 Å². The van der Waals surface area contributed by atoms with Gasteiger partial charge in [0.15, 0.2) is 11.5 Å². The molecule has 2 rings (SSSR count). The number of benzene rings is 2. The van der Waals surface area contributed by atoms with Crippen molar-refractivity contribution in [2.75, 3.05) is 31.3 Å². The lowest BCUT2D eigenvalue weighted by atomic mass is 10.0. The maximum atomic E-state index is 12.6. The van der Waals surface area contributed by atoms with E-state index in [-0.39, 0.29) is 12.6 Å². The zero-order valence-electron chi connectivity index (χ0n) is 16.5. The van der Waals surface area contributed by atoms with Crippen LogP contribution in [0.15, 0.2) is 48.5 Å². The molecule has 0 saturated heterocycles. The largest absolute Gasteiger partial charge is 0.493 e. The summed E-state index contributed by atoms with van der Waals surface area (Å²) >= 11 is 0. The number of para-hydroxylation sites is 1. The average molecular weight is 407 g/mol. The molecule has 0 heterocycles. The first kappa shape index (κ1) is 21.6. The van der Waals surface area contributed by atoms with Crippen molar-refractivity contribution < 1.29 is 22.7 Å². The fraction of sp³-hybridized carbons (Fsp3) is 0.350. The van der Waals surface area contributed by atoms with Crippen molar-refractivity contribution in [3.05, 3.63) is 54.1 Å². The van der Waals surface area contributed by atoms with E-state index in [0.717, 1.165) is 16.1 Å². The third-order valence-corrected chi connectivity index (χ3v) is 5.43. The summed E-state index contributed by atoms with van der Waals surface area (Å²) in [7, 11) is -0.502. The van der Waals surface area contributed by atoms with Crippen LogP contribution in [0, 0.1) is 0 Å². The summed E-state index contributed by atoms with van der Waals surface area (Å²) in [5.41, 5.74) is 1.29. The molecule has 0 aliphatic heterocycles. The number of carbonyl (C=O) groups excluding carboxylic acids is 1. The Morgan fingerprint density at radius 1 is 1.07 bits per heavy atom. The van der Waals surface area contributed by atoms with Gasteiger partial charge in [0, 0.05) is 0 Å². The Hall–Kier alpha value is -2.74. The highest BCUT2D eigenvalue weighted by molar-refractivity contribution is 7.92. The number of methoxy groups -OCH3 is 2. The van der Waals surface area contributed by atoms with Crippen molar-refractivity contribution in [1.29, 1.82) is 0 Å². The minimum absolute atomic E-state index is 0.288. The summed E-state index contributed by atoms with van der Waals surface area (Å²) in [4.78, 5) is 12.6. The third kappa shape index (κ3) is 5.39. The van der Waals surface area contributed by atoms with Gasteiger partial charge in [0.05, 0.1) is 32.2 Å². The Morgan fingerprint density at radius 2 is 1.71 bits per heavy atom. The Kier molecular flexibility index (Phi) is 7.28. The fourth-order valence-electron chi connectivity index (χ4n) is 2.86. The van der Waals surface area contributed by atoms with Gasteiger partial charge in [-0.05, 0) is 36.2 Å². The second-order valence-electron chi connectivity index (χ2n) is 6.25. The number of rotatable bonds is 9. The lowest BCUT2D eigenvalue weighted by Crippen LogP contribution is -2.41. The third-order valence-electron chi connectivity index (χ3n) is 4.29. The highest BCUT2D eigenvalue weighted by Crippen LogP contribution is 2.31. The van der Waals surface area contributed by atoms with E-state index in [0.29, 0.717) is 23.6 Å². The van der Waals surface area contributed by atoms with E-state index in [9.17, 15) is 13.2 Å². The highest BCUT2D eigenvalue weighted by Gasteiger charge is 2.22. The van der Waals surface area contributed by atoms with Gasteiger partial charge in [0.1, 0.15) is 6.54 Å². The van der Waals surface area contributed by atoms with Gasteiger partial charge in [-0.3, -0.25) is 9.10 Å². The summed E-state index contributed by atoms with van der Waals surface area (Å²) in [6.45, 7) is 1.64. The normalized spacial score (nSPS) is 12.1. The molecule has 0 aromatic heterocycles. The smallest absolute Gasteiger partial charge is 0.241 e. The molecule has 1 N–H and O–H groups in total. The Morgan fingerprint density at radius 3 is 2.25 bits per heavy atom. The van der Waals surface area contributed by atoms with Crippen molar-refractivity contribution in [2.24, 2.45) is 0 Å². The molecule has 0 fully saturated rings. The van der Waals surface area contributed by atoms with Crippen molar-refractivity contribution in [2.45, 2.75) is 19.4 Å². The van der Waals surface area contributed by atoms with Crippen LogP contribution in [0.3, 0.4) is 0 Å². The molecular formula is C20H26N2O5S. The van der Waals surface area contributed by atoms with E-state index in [2.05, 4.69) is 5.32 Å². The zero-order chi connectivity index (χ0) is 20.7. The van der Waals surface area contributed by atoms with E-state index in [4.69, 9.17) is 9.47 Å². The molecule has 0 saturated carbocycles. The molecule has 1 unspecified atom stereocenters. The molecule has 2 aromatic carbocycles. The van der Waals surface area contributed by atoms with Crippen LogP contribution in [0.2, 0.25) is 0 Å². The molecule has 0 spiro atoms. The predicted molar refractivity (Wildman–Crippen MR) is 109 cm³/mol. The molecule has 1 amide bonds. The summed E-state index contributed by atoms with van der Waals surface area (Å²) in [6, 6.07) is 13.7. The second-order valence-corrected chi connectivity index (χ2v) is 8.15. The topological polar surface area (TPSA) is 84.9 Å². The van der Waals surface area contributed by atoms with E-state index in [1.807, 2.05) is 13.0 Å². The van der Waals surface area contributed by atoms with Gasteiger partial charge in [-0.2, -0.15) is 0 Å². The zero-order valence-corrected chi connectivity index (χ0v) is 17.3. The number of sulfonamides is 1. The summed E-state index contributed by atoms with van der Waals surface area (Å²) in [5.74, 6) is 0.769. The first-order valence-electron chi connectivity index (χ1n) is 8.84. The quantitative estimate of drug-likeness (QED) is 0.692. The van der Waals surface area contributed by atoms with Crippen molar-refractivity contribution >= 4 is 21.6 Å². The Bertz CT molecular complexity index is 900. The standard InChI is InChI=1S/C20H26N2O5S/c1-5-17(15-11-12-18(26-2)19(13-15)27-3)21-20(23)14-22(28(4,24)25)16-9-7-6-8-10-16/h6-13,17H,5,14H2,1-4H3,(H,21,23). The minimum atomic E-state index is -3.60. The molecule has 0 radical (unpaired) electrons. The van der Waals surface area contributed by atoms with Gasteiger partial charge in [0.25, 0.3) is 0 Å². The van der Waals surface area contributed by atoms with E-state index < -0.39 is 15.9 Å². The molecule has 0 aliphatic carbocycles. The van der Waals surface area contributed by atoms with Crippen molar-refractivity contribution in [3.8, 4) is 11.5 Å². The molecular weight excluding hydrogens is 380 g/mol. The van der Waals surface area contributed by atoms with Crippen molar-refractivity contribution in [3.63, 3.8) is 0 Å². The van der Waals surface area contributed by atoms with Crippen LogP contribution in [-0.2, 0) is 14.8 Å².